The van der Waals surface area contributed by atoms with Gasteiger partial charge in [0.05, 0.1) is 5.92 Å². The highest BCUT2D eigenvalue weighted by molar-refractivity contribution is 5.54. The zero-order valence-electron chi connectivity index (χ0n) is 13.8. The predicted molar refractivity (Wildman–Crippen MR) is 84.9 cm³/mol. The Balaban J connectivity index is 2.05. The molecule has 0 saturated carbocycles. The van der Waals surface area contributed by atoms with Gasteiger partial charge in [-0.15, -0.1) is 0 Å². The fourth-order valence-electron chi connectivity index (χ4n) is 3.15. The SMILES string of the molecule is Cc1noc([C@@H]2CCCN(c3c(C#N)c(=O)n(C)c(=O)n3C)C2)n1. The molecular formula is C15H18N6O3. The number of aryl methyl sites for hydroxylation is 1. The van der Waals surface area contributed by atoms with Gasteiger partial charge in [0.25, 0.3) is 5.56 Å². The summed E-state index contributed by atoms with van der Waals surface area (Å²) >= 11 is 0. The van der Waals surface area contributed by atoms with Gasteiger partial charge in [0.15, 0.2) is 11.4 Å². The Bertz CT molecular complexity index is 932. The lowest BCUT2D eigenvalue weighted by Gasteiger charge is -2.34. The monoisotopic (exact) mass is 330 g/mol. The minimum Gasteiger partial charge on any atom is -0.356 e. The molecule has 0 radical (unpaired) electrons. The molecule has 2 aromatic rings. The van der Waals surface area contributed by atoms with Gasteiger partial charge in [-0.2, -0.15) is 10.2 Å². The molecule has 0 aliphatic carbocycles. The molecule has 1 saturated heterocycles. The van der Waals surface area contributed by atoms with E-state index in [1.165, 1.54) is 11.6 Å². The van der Waals surface area contributed by atoms with E-state index in [9.17, 15) is 14.9 Å². The van der Waals surface area contributed by atoms with Crippen molar-refractivity contribution < 1.29 is 4.52 Å². The van der Waals surface area contributed by atoms with Crippen LogP contribution in [0.2, 0.25) is 0 Å². The number of anilines is 1. The largest absolute Gasteiger partial charge is 0.356 e. The number of nitriles is 1. The van der Waals surface area contributed by atoms with Gasteiger partial charge in [-0.25, -0.2) is 4.79 Å². The molecule has 3 heterocycles. The molecular weight excluding hydrogens is 312 g/mol. The van der Waals surface area contributed by atoms with Crippen molar-refractivity contribution in [3.8, 4) is 6.07 Å². The van der Waals surface area contributed by atoms with Gasteiger partial charge < -0.3 is 9.42 Å². The van der Waals surface area contributed by atoms with Crippen LogP contribution in [-0.2, 0) is 14.1 Å². The maximum atomic E-state index is 12.3. The van der Waals surface area contributed by atoms with Crippen molar-refractivity contribution >= 4 is 5.82 Å². The smallest absolute Gasteiger partial charge is 0.332 e. The van der Waals surface area contributed by atoms with E-state index < -0.39 is 11.2 Å². The van der Waals surface area contributed by atoms with Gasteiger partial charge in [-0.05, 0) is 19.8 Å². The van der Waals surface area contributed by atoms with E-state index in [1.54, 1.807) is 14.0 Å². The summed E-state index contributed by atoms with van der Waals surface area (Å²) in [6.45, 7) is 2.92. The maximum absolute atomic E-state index is 12.3. The first-order valence-corrected chi connectivity index (χ1v) is 7.69. The molecule has 1 aliphatic heterocycles. The first kappa shape index (κ1) is 16.0. The highest BCUT2D eigenvalue weighted by Gasteiger charge is 2.29. The Hall–Kier alpha value is -2.89. The van der Waals surface area contributed by atoms with Gasteiger partial charge in [-0.1, -0.05) is 5.16 Å². The first-order valence-electron chi connectivity index (χ1n) is 7.69. The molecule has 0 aromatic carbocycles. The Morgan fingerprint density at radius 1 is 1.29 bits per heavy atom. The van der Waals surface area contributed by atoms with E-state index in [1.807, 2.05) is 11.0 Å². The fraction of sp³-hybridized carbons (Fsp3) is 0.533. The molecule has 24 heavy (non-hydrogen) atoms. The van der Waals surface area contributed by atoms with Crippen molar-refractivity contribution in [2.45, 2.75) is 25.7 Å². The average molecular weight is 330 g/mol. The van der Waals surface area contributed by atoms with Crippen LogP contribution in [0.5, 0.6) is 0 Å². The quantitative estimate of drug-likeness (QED) is 0.764. The first-order chi connectivity index (χ1) is 11.4. The van der Waals surface area contributed by atoms with E-state index in [0.717, 1.165) is 17.4 Å². The third-order valence-corrected chi connectivity index (χ3v) is 4.36. The van der Waals surface area contributed by atoms with Crippen LogP contribution >= 0.6 is 0 Å². The Morgan fingerprint density at radius 3 is 2.67 bits per heavy atom. The highest BCUT2D eigenvalue weighted by atomic mass is 16.5. The van der Waals surface area contributed by atoms with E-state index in [-0.39, 0.29) is 11.5 Å². The Labute approximate surface area is 137 Å². The standard InChI is InChI=1S/C15H18N6O3/c1-9-17-12(24-18-9)10-5-4-6-21(8-10)13-11(7-16)14(22)20(3)15(23)19(13)2/h10H,4-6,8H2,1-3H3/t10-/m1/s1. The molecule has 1 atom stereocenters. The number of hydrogen-bond donors (Lipinski definition) is 0. The number of piperidine rings is 1. The lowest BCUT2D eigenvalue weighted by atomic mass is 9.97. The summed E-state index contributed by atoms with van der Waals surface area (Å²) in [5.74, 6) is 1.47. The molecule has 2 aromatic heterocycles. The van der Waals surface area contributed by atoms with Crippen LogP contribution in [0.1, 0.15) is 36.0 Å². The molecule has 9 heteroatoms. The molecule has 126 valence electrons. The van der Waals surface area contributed by atoms with Crippen molar-refractivity contribution in [2.75, 3.05) is 18.0 Å². The summed E-state index contributed by atoms with van der Waals surface area (Å²) < 4.78 is 7.55. The lowest BCUT2D eigenvalue weighted by molar-refractivity contribution is 0.330. The Kier molecular flexibility index (Phi) is 3.97. The van der Waals surface area contributed by atoms with Crippen LogP contribution < -0.4 is 16.1 Å². The number of nitrogens with zero attached hydrogens (tertiary/aromatic N) is 6. The van der Waals surface area contributed by atoms with Crippen molar-refractivity contribution in [3.05, 3.63) is 38.1 Å². The van der Waals surface area contributed by atoms with Gasteiger partial charge in [0, 0.05) is 27.2 Å². The molecule has 0 unspecified atom stereocenters. The summed E-state index contributed by atoms with van der Waals surface area (Å²) in [5, 5.41) is 13.2. The minimum atomic E-state index is -0.577. The lowest BCUT2D eigenvalue weighted by Crippen LogP contribution is -2.45. The number of rotatable bonds is 2. The van der Waals surface area contributed by atoms with Crippen molar-refractivity contribution in [1.82, 2.24) is 19.3 Å². The number of aromatic nitrogens is 4. The second kappa shape index (κ2) is 5.96. The second-order valence-corrected chi connectivity index (χ2v) is 5.98. The van der Waals surface area contributed by atoms with Crippen LogP contribution in [0, 0.1) is 18.3 Å². The van der Waals surface area contributed by atoms with E-state index in [4.69, 9.17) is 4.52 Å². The molecule has 0 spiro atoms. The third-order valence-electron chi connectivity index (χ3n) is 4.36. The summed E-state index contributed by atoms with van der Waals surface area (Å²) in [5.41, 5.74) is -1.06. The van der Waals surface area contributed by atoms with Crippen molar-refractivity contribution in [1.29, 1.82) is 5.26 Å². The molecule has 0 amide bonds. The summed E-state index contributed by atoms with van der Waals surface area (Å²) in [6, 6.07) is 1.94. The summed E-state index contributed by atoms with van der Waals surface area (Å²) in [6.07, 6.45) is 1.71. The van der Waals surface area contributed by atoms with Crippen LogP contribution in [0.4, 0.5) is 5.82 Å². The van der Waals surface area contributed by atoms with Crippen LogP contribution in [0.25, 0.3) is 0 Å². The average Bonchev–Trinajstić information content (AvgIpc) is 3.02. The zero-order valence-corrected chi connectivity index (χ0v) is 13.8. The van der Waals surface area contributed by atoms with Crippen LogP contribution in [-0.4, -0.2) is 32.4 Å². The maximum Gasteiger partial charge on any atom is 0.332 e. The van der Waals surface area contributed by atoms with E-state index in [2.05, 4.69) is 10.1 Å². The molecule has 3 rings (SSSR count). The normalized spacial score (nSPS) is 17.8. The zero-order chi connectivity index (χ0) is 17.4. The number of hydrogen-bond acceptors (Lipinski definition) is 7. The summed E-state index contributed by atoms with van der Waals surface area (Å²) in [7, 11) is 2.94. The Morgan fingerprint density at radius 2 is 2.04 bits per heavy atom. The predicted octanol–water partition coefficient (Wildman–Crippen LogP) is 0.0311. The van der Waals surface area contributed by atoms with Gasteiger partial charge in [0.2, 0.25) is 5.89 Å². The molecule has 1 aliphatic rings. The van der Waals surface area contributed by atoms with E-state index in [0.29, 0.717) is 30.6 Å². The van der Waals surface area contributed by atoms with E-state index >= 15 is 0 Å². The van der Waals surface area contributed by atoms with Crippen molar-refractivity contribution in [2.24, 2.45) is 14.1 Å². The van der Waals surface area contributed by atoms with Gasteiger partial charge in [-0.3, -0.25) is 13.9 Å². The third kappa shape index (κ3) is 2.50. The second-order valence-electron chi connectivity index (χ2n) is 5.98. The molecule has 9 nitrogen and oxygen atoms in total. The van der Waals surface area contributed by atoms with Gasteiger partial charge >= 0.3 is 5.69 Å². The van der Waals surface area contributed by atoms with Crippen molar-refractivity contribution in [3.63, 3.8) is 0 Å². The van der Waals surface area contributed by atoms with Crippen LogP contribution in [0.15, 0.2) is 14.1 Å². The topological polar surface area (TPSA) is 110 Å². The summed E-state index contributed by atoms with van der Waals surface area (Å²) in [4.78, 5) is 30.6. The molecule has 1 fully saturated rings. The van der Waals surface area contributed by atoms with Gasteiger partial charge in [0.1, 0.15) is 11.9 Å². The molecule has 0 bridgehead atoms. The fourth-order valence-corrected chi connectivity index (χ4v) is 3.15. The minimum absolute atomic E-state index is 0.00523. The molecule has 0 N–H and O–H groups in total. The highest BCUT2D eigenvalue weighted by Crippen LogP contribution is 2.29. The van der Waals surface area contributed by atoms with Crippen LogP contribution in [0.3, 0.4) is 0 Å².